The Hall–Kier alpha value is -1.66. The normalized spacial score (nSPS) is 18.9. The van der Waals surface area contributed by atoms with Gasteiger partial charge in [-0.15, -0.1) is 0 Å². The highest BCUT2D eigenvalue weighted by Crippen LogP contribution is 2.28. The highest BCUT2D eigenvalue weighted by atomic mass is 35.5. The SMILES string of the molecule is O=C1NCCC[C@H]1c1n[nH]c(=S)n1-c1ccccc1Cl. The van der Waals surface area contributed by atoms with Gasteiger partial charge in [0.25, 0.3) is 0 Å². The molecule has 0 unspecified atom stereocenters. The predicted molar refractivity (Wildman–Crippen MR) is 78.7 cm³/mol. The van der Waals surface area contributed by atoms with E-state index >= 15 is 0 Å². The zero-order valence-corrected chi connectivity index (χ0v) is 12.2. The lowest BCUT2D eigenvalue weighted by Gasteiger charge is -2.21. The van der Waals surface area contributed by atoms with Crippen molar-refractivity contribution in [3.05, 3.63) is 39.9 Å². The molecule has 1 aliphatic rings. The van der Waals surface area contributed by atoms with Crippen molar-refractivity contribution in [2.24, 2.45) is 0 Å². The molecule has 2 heterocycles. The molecule has 2 N–H and O–H groups in total. The monoisotopic (exact) mass is 308 g/mol. The van der Waals surface area contributed by atoms with Gasteiger partial charge < -0.3 is 5.32 Å². The number of piperidine rings is 1. The van der Waals surface area contributed by atoms with Crippen LogP contribution in [-0.4, -0.2) is 27.2 Å². The molecule has 7 heteroatoms. The van der Waals surface area contributed by atoms with E-state index in [-0.39, 0.29) is 11.8 Å². The summed E-state index contributed by atoms with van der Waals surface area (Å²) in [6.07, 6.45) is 1.69. The zero-order chi connectivity index (χ0) is 14.1. The Morgan fingerprint density at radius 3 is 2.95 bits per heavy atom. The van der Waals surface area contributed by atoms with E-state index < -0.39 is 0 Å². The van der Waals surface area contributed by atoms with Crippen molar-refractivity contribution in [1.82, 2.24) is 20.1 Å². The van der Waals surface area contributed by atoms with Crippen LogP contribution in [0, 0.1) is 4.77 Å². The van der Waals surface area contributed by atoms with Crippen molar-refractivity contribution < 1.29 is 4.79 Å². The molecule has 5 nitrogen and oxygen atoms in total. The molecule has 1 atom stereocenters. The number of hydrogen-bond acceptors (Lipinski definition) is 3. The molecule has 0 bridgehead atoms. The van der Waals surface area contributed by atoms with Crippen LogP contribution >= 0.6 is 23.8 Å². The van der Waals surface area contributed by atoms with Crippen molar-refractivity contribution in [3.63, 3.8) is 0 Å². The number of hydrogen-bond donors (Lipinski definition) is 2. The summed E-state index contributed by atoms with van der Waals surface area (Å²) in [5, 5.41) is 10.4. The molecule has 3 rings (SSSR count). The molecular formula is C13H13ClN4OS. The van der Waals surface area contributed by atoms with E-state index in [1.807, 2.05) is 18.2 Å². The van der Waals surface area contributed by atoms with Gasteiger partial charge in [-0.2, -0.15) is 5.10 Å². The van der Waals surface area contributed by atoms with Gasteiger partial charge in [-0.3, -0.25) is 14.5 Å². The third-order valence-electron chi connectivity index (χ3n) is 3.39. The zero-order valence-electron chi connectivity index (χ0n) is 10.6. The molecule has 2 aromatic rings. The highest BCUT2D eigenvalue weighted by molar-refractivity contribution is 7.71. The van der Waals surface area contributed by atoms with E-state index in [0.717, 1.165) is 18.5 Å². The minimum absolute atomic E-state index is 0.0152. The molecule has 0 spiro atoms. The Kier molecular flexibility index (Phi) is 3.58. The Balaban J connectivity index is 2.13. The maximum absolute atomic E-state index is 12.0. The van der Waals surface area contributed by atoms with Crippen LogP contribution in [0.4, 0.5) is 0 Å². The quantitative estimate of drug-likeness (QED) is 0.838. The summed E-state index contributed by atoms with van der Waals surface area (Å²) in [7, 11) is 0. The van der Waals surface area contributed by atoms with Crippen LogP contribution in [-0.2, 0) is 4.79 Å². The number of aromatic amines is 1. The van der Waals surface area contributed by atoms with Gasteiger partial charge in [-0.1, -0.05) is 23.7 Å². The highest BCUT2D eigenvalue weighted by Gasteiger charge is 2.29. The Bertz CT molecular complexity index is 708. The van der Waals surface area contributed by atoms with Crippen LogP contribution in [0.2, 0.25) is 5.02 Å². The number of carbonyl (C=O) groups is 1. The van der Waals surface area contributed by atoms with Crippen LogP contribution in [0.5, 0.6) is 0 Å². The smallest absolute Gasteiger partial charge is 0.230 e. The van der Waals surface area contributed by atoms with Crippen molar-refractivity contribution in [2.75, 3.05) is 6.54 Å². The summed E-state index contributed by atoms with van der Waals surface area (Å²) in [6, 6.07) is 7.37. The second-order valence-electron chi connectivity index (χ2n) is 4.66. The van der Waals surface area contributed by atoms with E-state index in [1.165, 1.54) is 0 Å². The summed E-state index contributed by atoms with van der Waals surface area (Å²) in [5.41, 5.74) is 0.737. The standard InChI is InChI=1S/C13H13ClN4OS/c14-9-5-1-2-6-10(9)18-11(16-17-13(18)20)8-4-3-7-15-12(8)19/h1-2,5-6,8H,3-4,7H2,(H,15,19)(H,17,20)/t8-/m0/s1. The molecule has 1 aliphatic heterocycles. The lowest BCUT2D eigenvalue weighted by atomic mass is 9.97. The number of carbonyl (C=O) groups excluding carboxylic acids is 1. The molecule has 1 aromatic heterocycles. The average Bonchev–Trinajstić information content (AvgIpc) is 2.82. The molecule has 1 saturated heterocycles. The summed E-state index contributed by atoms with van der Waals surface area (Å²) in [4.78, 5) is 12.0. The number of nitrogens with one attached hydrogen (secondary N) is 2. The third-order valence-corrected chi connectivity index (χ3v) is 3.98. The van der Waals surface area contributed by atoms with Gasteiger partial charge in [-0.05, 0) is 37.2 Å². The number of aromatic nitrogens is 3. The first-order valence-corrected chi connectivity index (χ1v) is 7.17. The van der Waals surface area contributed by atoms with Gasteiger partial charge in [0.2, 0.25) is 5.91 Å². The molecule has 1 aromatic carbocycles. The van der Waals surface area contributed by atoms with Crippen molar-refractivity contribution >= 4 is 29.7 Å². The first kappa shape index (κ1) is 13.3. The third kappa shape index (κ3) is 2.25. The van der Waals surface area contributed by atoms with Crippen molar-refractivity contribution in [1.29, 1.82) is 0 Å². The van der Waals surface area contributed by atoms with Crippen LogP contribution in [0.3, 0.4) is 0 Å². The molecule has 1 amide bonds. The Morgan fingerprint density at radius 1 is 1.40 bits per heavy atom. The number of nitrogens with zero attached hydrogens (tertiary/aromatic N) is 2. The fourth-order valence-corrected chi connectivity index (χ4v) is 2.88. The second-order valence-corrected chi connectivity index (χ2v) is 5.45. The second kappa shape index (κ2) is 5.38. The maximum atomic E-state index is 12.0. The molecule has 104 valence electrons. The predicted octanol–water partition coefficient (Wildman–Crippen LogP) is 2.58. The fraction of sp³-hybridized carbons (Fsp3) is 0.308. The van der Waals surface area contributed by atoms with E-state index in [1.54, 1.807) is 10.6 Å². The summed E-state index contributed by atoms with van der Waals surface area (Å²) in [6.45, 7) is 0.715. The number of H-pyrrole nitrogens is 1. The van der Waals surface area contributed by atoms with E-state index in [9.17, 15) is 4.79 Å². The first-order chi connectivity index (χ1) is 9.68. The number of halogens is 1. The largest absolute Gasteiger partial charge is 0.355 e. The average molecular weight is 309 g/mol. The summed E-state index contributed by atoms with van der Waals surface area (Å²) >= 11 is 11.5. The Labute approximate surface area is 126 Å². The molecule has 0 aliphatic carbocycles. The fourth-order valence-electron chi connectivity index (χ4n) is 2.43. The Morgan fingerprint density at radius 2 is 2.20 bits per heavy atom. The molecule has 20 heavy (non-hydrogen) atoms. The molecule has 1 fully saturated rings. The van der Waals surface area contributed by atoms with Crippen LogP contribution < -0.4 is 5.32 Å². The van der Waals surface area contributed by atoms with Gasteiger partial charge in [0.05, 0.1) is 16.6 Å². The van der Waals surface area contributed by atoms with E-state index in [2.05, 4.69) is 15.5 Å². The molecule has 0 saturated carbocycles. The number of amides is 1. The van der Waals surface area contributed by atoms with Crippen LogP contribution in [0.1, 0.15) is 24.6 Å². The first-order valence-electron chi connectivity index (χ1n) is 6.38. The summed E-state index contributed by atoms with van der Waals surface area (Å²) < 4.78 is 2.18. The number of para-hydroxylation sites is 1. The van der Waals surface area contributed by atoms with Gasteiger partial charge in [-0.25, -0.2) is 0 Å². The number of rotatable bonds is 2. The maximum Gasteiger partial charge on any atom is 0.230 e. The topological polar surface area (TPSA) is 62.7 Å². The van der Waals surface area contributed by atoms with Crippen molar-refractivity contribution in [2.45, 2.75) is 18.8 Å². The van der Waals surface area contributed by atoms with Gasteiger partial charge in [0, 0.05) is 6.54 Å². The van der Waals surface area contributed by atoms with Gasteiger partial charge in [0.15, 0.2) is 4.77 Å². The van der Waals surface area contributed by atoms with Crippen LogP contribution in [0.15, 0.2) is 24.3 Å². The van der Waals surface area contributed by atoms with Gasteiger partial charge >= 0.3 is 0 Å². The van der Waals surface area contributed by atoms with Crippen molar-refractivity contribution in [3.8, 4) is 5.69 Å². The number of benzene rings is 1. The lowest BCUT2D eigenvalue weighted by Crippen LogP contribution is -2.36. The molecular weight excluding hydrogens is 296 g/mol. The van der Waals surface area contributed by atoms with E-state index in [4.69, 9.17) is 23.8 Å². The van der Waals surface area contributed by atoms with Gasteiger partial charge in [0.1, 0.15) is 5.82 Å². The minimum Gasteiger partial charge on any atom is -0.355 e. The lowest BCUT2D eigenvalue weighted by molar-refractivity contribution is -0.124. The molecule has 0 radical (unpaired) electrons. The summed E-state index contributed by atoms with van der Waals surface area (Å²) in [5.74, 6) is 0.298. The minimum atomic E-state index is -0.298. The van der Waals surface area contributed by atoms with E-state index in [0.29, 0.717) is 22.2 Å². The van der Waals surface area contributed by atoms with Crippen LogP contribution in [0.25, 0.3) is 5.69 Å².